The molecule has 1 saturated heterocycles. The molecule has 0 unspecified atom stereocenters. The third kappa shape index (κ3) is 4.08. The van der Waals surface area contributed by atoms with E-state index in [0.717, 1.165) is 24.2 Å². The van der Waals surface area contributed by atoms with E-state index in [2.05, 4.69) is 41.6 Å². The van der Waals surface area contributed by atoms with Gasteiger partial charge in [-0.25, -0.2) is 4.79 Å². The summed E-state index contributed by atoms with van der Waals surface area (Å²) < 4.78 is 2.10. The van der Waals surface area contributed by atoms with Crippen molar-refractivity contribution < 1.29 is 14.4 Å². The van der Waals surface area contributed by atoms with E-state index in [0.29, 0.717) is 29.4 Å². The van der Waals surface area contributed by atoms with Gasteiger partial charge in [-0.2, -0.15) is 5.10 Å². The number of carbonyl (C=O) groups is 3. The molecule has 0 radical (unpaired) electrons. The van der Waals surface area contributed by atoms with Crippen LogP contribution in [0.2, 0.25) is 0 Å². The smallest absolute Gasteiger partial charge is 0.325 e. The standard InChI is InChI=1S/C19H30N6O3S/c1-5-18(2,3)12-6-8-19(9-7-12)15(27)25(16(28)21-19)11-14(26)20-10-13-22-23-17(29)24(13)4/h12H,5-11H2,1-4H3,(H,20,26)(H,21,28)(H,23,29). The number of hydrogen-bond acceptors (Lipinski definition) is 5. The van der Waals surface area contributed by atoms with Gasteiger partial charge in [-0.05, 0) is 49.2 Å². The van der Waals surface area contributed by atoms with Gasteiger partial charge in [0.05, 0.1) is 6.54 Å². The zero-order valence-electron chi connectivity index (χ0n) is 17.5. The number of rotatable bonds is 6. The first-order valence-corrected chi connectivity index (χ1v) is 10.5. The molecule has 1 saturated carbocycles. The van der Waals surface area contributed by atoms with Gasteiger partial charge in [-0.15, -0.1) is 0 Å². The second-order valence-corrected chi connectivity index (χ2v) is 9.19. The lowest BCUT2D eigenvalue weighted by Gasteiger charge is -2.42. The minimum atomic E-state index is -0.858. The molecule has 160 valence electrons. The van der Waals surface area contributed by atoms with Gasteiger partial charge in [-0.3, -0.25) is 19.6 Å². The minimum Gasteiger partial charge on any atom is -0.347 e. The summed E-state index contributed by atoms with van der Waals surface area (Å²) in [5, 5.41) is 12.2. The van der Waals surface area contributed by atoms with Gasteiger partial charge < -0.3 is 15.2 Å². The summed E-state index contributed by atoms with van der Waals surface area (Å²) >= 11 is 5.03. The summed E-state index contributed by atoms with van der Waals surface area (Å²) in [7, 11) is 1.74. The lowest BCUT2D eigenvalue weighted by Crippen LogP contribution is -2.51. The number of urea groups is 1. The van der Waals surface area contributed by atoms with Crippen LogP contribution in [0.3, 0.4) is 0 Å². The van der Waals surface area contributed by atoms with Gasteiger partial charge in [0.15, 0.2) is 10.6 Å². The molecule has 10 heteroatoms. The van der Waals surface area contributed by atoms with E-state index >= 15 is 0 Å². The molecule has 0 atom stereocenters. The van der Waals surface area contributed by atoms with Crippen LogP contribution in [0, 0.1) is 16.1 Å². The van der Waals surface area contributed by atoms with E-state index in [1.165, 1.54) is 0 Å². The summed E-state index contributed by atoms with van der Waals surface area (Å²) in [6.45, 7) is 6.56. The largest absolute Gasteiger partial charge is 0.347 e. The fourth-order valence-corrected chi connectivity index (χ4v) is 4.41. The highest BCUT2D eigenvalue weighted by Gasteiger charge is 2.53. The van der Waals surface area contributed by atoms with Gasteiger partial charge in [0.2, 0.25) is 5.91 Å². The Morgan fingerprint density at radius 3 is 2.55 bits per heavy atom. The summed E-state index contributed by atoms with van der Waals surface area (Å²) in [6.07, 6.45) is 4.11. The van der Waals surface area contributed by atoms with Gasteiger partial charge in [-0.1, -0.05) is 27.2 Å². The highest BCUT2D eigenvalue weighted by molar-refractivity contribution is 7.71. The Morgan fingerprint density at radius 2 is 2.00 bits per heavy atom. The maximum atomic E-state index is 13.0. The summed E-state index contributed by atoms with van der Waals surface area (Å²) in [4.78, 5) is 38.8. The minimum absolute atomic E-state index is 0.158. The Kier molecular flexibility index (Phi) is 5.84. The molecule has 1 aliphatic heterocycles. The summed E-state index contributed by atoms with van der Waals surface area (Å²) in [6, 6.07) is -0.489. The van der Waals surface area contributed by atoms with Crippen LogP contribution in [0.4, 0.5) is 4.79 Å². The molecular weight excluding hydrogens is 392 g/mol. The molecule has 2 heterocycles. The maximum absolute atomic E-state index is 13.0. The highest BCUT2D eigenvalue weighted by atomic mass is 32.1. The Bertz CT molecular complexity index is 866. The number of aromatic amines is 1. The first kappa shape index (κ1) is 21.5. The van der Waals surface area contributed by atoms with E-state index < -0.39 is 17.5 Å². The topological polar surface area (TPSA) is 112 Å². The van der Waals surface area contributed by atoms with Crippen LogP contribution < -0.4 is 10.6 Å². The number of nitrogens with zero attached hydrogens (tertiary/aromatic N) is 3. The third-order valence-electron chi connectivity index (χ3n) is 6.82. The number of carbonyl (C=O) groups excluding carboxylic acids is 3. The molecule has 3 rings (SSSR count). The molecule has 1 aliphatic carbocycles. The second kappa shape index (κ2) is 7.89. The average molecular weight is 423 g/mol. The number of hydrogen-bond donors (Lipinski definition) is 3. The van der Waals surface area contributed by atoms with Crippen molar-refractivity contribution in [2.45, 2.75) is 65.0 Å². The fraction of sp³-hybridized carbons (Fsp3) is 0.737. The van der Waals surface area contributed by atoms with Gasteiger partial charge in [0.25, 0.3) is 5.91 Å². The number of amides is 4. The average Bonchev–Trinajstić information content (AvgIpc) is 3.12. The number of aromatic nitrogens is 3. The molecule has 1 aromatic rings. The van der Waals surface area contributed by atoms with Crippen molar-refractivity contribution in [3.8, 4) is 0 Å². The molecule has 2 fully saturated rings. The van der Waals surface area contributed by atoms with Crippen LogP contribution in [-0.2, 0) is 23.2 Å². The van der Waals surface area contributed by atoms with Gasteiger partial charge in [0, 0.05) is 7.05 Å². The molecule has 1 aromatic heterocycles. The Balaban J connectivity index is 1.58. The first-order chi connectivity index (χ1) is 13.6. The van der Waals surface area contributed by atoms with Crippen molar-refractivity contribution in [2.24, 2.45) is 18.4 Å². The molecule has 0 bridgehead atoms. The number of H-pyrrole nitrogens is 1. The van der Waals surface area contributed by atoms with Crippen LogP contribution in [0.5, 0.6) is 0 Å². The van der Waals surface area contributed by atoms with Crippen LogP contribution in [0.15, 0.2) is 0 Å². The quantitative estimate of drug-likeness (QED) is 0.480. The lowest BCUT2D eigenvalue weighted by atomic mass is 9.65. The van der Waals surface area contributed by atoms with E-state index in [-0.39, 0.29) is 24.4 Å². The number of imide groups is 1. The monoisotopic (exact) mass is 422 g/mol. The molecule has 0 aromatic carbocycles. The van der Waals surface area contributed by atoms with E-state index in [9.17, 15) is 14.4 Å². The van der Waals surface area contributed by atoms with Gasteiger partial charge in [0.1, 0.15) is 12.1 Å². The molecule has 9 nitrogen and oxygen atoms in total. The van der Waals surface area contributed by atoms with Crippen molar-refractivity contribution in [1.82, 2.24) is 30.3 Å². The summed E-state index contributed by atoms with van der Waals surface area (Å²) in [5.41, 5.74) is -0.635. The SMILES string of the molecule is CCC(C)(C)C1CCC2(CC1)NC(=O)N(CC(=O)NCc1n[nH]c(=S)n1C)C2=O. The zero-order chi connectivity index (χ0) is 21.4. The van der Waals surface area contributed by atoms with Crippen LogP contribution in [-0.4, -0.2) is 49.6 Å². The normalized spacial score (nSPS) is 24.8. The fourth-order valence-electron chi connectivity index (χ4n) is 4.25. The van der Waals surface area contributed by atoms with E-state index in [1.807, 2.05) is 0 Å². The third-order valence-corrected chi connectivity index (χ3v) is 7.18. The van der Waals surface area contributed by atoms with Crippen molar-refractivity contribution in [2.75, 3.05) is 6.54 Å². The van der Waals surface area contributed by atoms with E-state index in [4.69, 9.17) is 12.2 Å². The Hall–Kier alpha value is -2.23. The molecule has 4 amide bonds. The number of nitrogens with one attached hydrogen (secondary N) is 3. The first-order valence-electron chi connectivity index (χ1n) is 10.1. The van der Waals surface area contributed by atoms with Crippen molar-refractivity contribution in [3.63, 3.8) is 0 Å². The van der Waals surface area contributed by atoms with Crippen molar-refractivity contribution in [1.29, 1.82) is 0 Å². The van der Waals surface area contributed by atoms with Crippen molar-refractivity contribution >= 4 is 30.1 Å². The highest BCUT2D eigenvalue weighted by Crippen LogP contribution is 2.45. The predicted molar refractivity (Wildman–Crippen MR) is 109 cm³/mol. The molecule has 1 spiro atoms. The Morgan fingerprint density at radius 1 is 1.34 bits per heavy atom. The maximum Gasteiger partial charge on any atom is 0.325 e. The van der Waals surface area contributed by atoms with Crippen LogP contribution >= 0.6 is 12.2 Å². The summed E-state index contributed by atoms with van der Waals surface area (Å²) in [5.74, 6) is 0.391. The predicted octanol–water partition coefficient (Wildman–Crippen LogP) is 2.01. The van der Waals surface area contributed by atoms with Crippen molar-refractivity contribution in [3.05, 3.63) is 10.6 Å². The molecule has 3 N–H and O–H groups in total. The van der Waals surface area contributed by atoms with Gasteiger partial charge >= 0.3 is 6.03 Å². The van der Waals surface area contributed by atoms with E-state index in [1.54, 1.807) is 11.6 Å². The zero-order valence-corrected chi connectivity index (χ0v) is 18.3. The molecule has 29 heavy (non-hydrogen) atoms. The van der Waals surface area contributed by atoms with Crippen LogP contribution in [0.25, 0.3) is 0 Å². The Labute approximate surface area is 175 Å². The second-order valence-electron chi connectivity index (χ2n) is 8.80. The van der Waals surface area contributed by atoms with Crippen LogP contribution in [0.1, 0.15) is 58.7 Å². The molecular formula is C19H30N6O3S. The molecule has 2 aliphatic rings. The lowest BCUT2D eigenvalue weighted by molar-refractivity contribution is -0.136.